The highest BCUT2D eigenvalue weighted by Crippen LogP contribution is 2.26. The highest BCUT2D eigenvalue weighted by Gasteiger charge is 2.22. The SMILES string of the molecule is COc1ccccc1CN(Cc1cccs1)C(=O)c1cc(S(C)(=O)=O)ccc1Cl. The Morgan fingerprint density at radius 2 is 1.86 bits per heavy atom. The number of para-hydroxylation sites is 1. The molecule has 0 aliphatic carbocycles. The summed E-state index contributed by atoms with van der Waals surface area (Å²) in [5.41, 5.74) is 0.997. The molecule has 5 nitrogen and oxygen atoms in total. The zero-order chi connectivity index (χ0) is 21.0. The van der Waals surface area contributed by atoms with Gasteiger partial charge in [0.15, 0.2) is 9.84 Å². The van der Waals surface area contributed by atoms with Crippen molar-refractivity contribution in [2.75, 3.05) is 13.4 Å². The lowest BCUT2D eigenvalue weighted by molar-refractivity contribution is 0.0730. The van der Waals surface area contributed by atoms with E-state index in [0.29, 0.717) is 18.8 Å². The van der Waals surface area contributed by atoms with E-state index in [1.807, 2.05) is 41.8 Å². The van der Waals surface area contributed by atoms with Crippen LogP contribution in [0.3, 0.4) is 0 Å². The van der Waals surface area contributed by atoms with Gasteiger partial charge in [-0.3, -0.25) is 4.79 Å². The molecule has 0 N–H and O–H groups in total. The van der Waals surface area contributed by atoms with Crippen molar-refractivity contribution < 1.29 is 17.9 Å². The average Bonchev–Trinajstić information content (AvgIpc) is 3.20. The van der Waals surface area contributed by atoms with Crippen molar-refractivity contribution in [1.82, 2.24) is 4.90 Å². The molecule has 1 heterocycles. The summed E-state index contributed by atoms with van der Waals surface area (Å²) in [7, 11) is -1.89. The second kappa shape index (κ2) is 8.98. The number of carbonyl (C=O) groups is 1. The second-order valence-electron chi connectivity index (χ2n) is 6.47. The topological polar surface area (TPSA) is 63.7 Å². The van der Waals surface area contributed by atoms with Crippen LogP contribution in [0.4, 0.5) is 0 Å². The van der Waals surface area contributed by atoms with Gasteiger partial charge in [-0.05, 0) is 35.7 Å². The van der Waals surface area contributed by atoms with Crippen molar-refractivity contribution in [2.45, 2.75) is 18.0 Å². The zero-order valence-electron chi connectivity index (χ0n) is 16.0. The van der Waals surface area contributed by atoms with Gasteiger partial charge >= 0.3 is 0 Å². The fraction of sp³-hybridized carbons (Fsp3) is 0.190. The fourth-order valence-corrected chi connectivity index (χ4v) is 4.46. The highest BCUT2D eigenvalue weighted by atomic mass is 35.5. The monoisotopic (exact) mass is 449 g/mol. The number of amides is 1. The molecule has 0 spiro atoms. The first-order valence-corrected chi connectivity index (χ1v) is 11.9. The first kappa shape index (κ1) is 21.4. The van der Waals surface area contributed by atoms with Crippen LogP contribution < -0.4 is 4.74 Å². The van der Waals surface area contributed by atoms with E-state index < -0.39 is 9.84 Å². The van der Waals surface area contributed by atoms with Crippen LogP contribution in [0.15, 0.2) is 64.9 Å². The number of benzene rings is 2. The highest BCUT2D eigenvalue weighted by molar-refractivity contribution is 7.90. The van der Waals surface area contributed by atoms with Crippen LogP contribution in [0.25, 0.3) is 0 Å². The van der Waals surface area contributed by atoms with E-state index in [0.717, 1.165) is 16.7 Å². The minimum Gasteiger partial charge on any atom is -0.496 e. The van der Waals surface area contributed by atoms with Crippen molar-refractivity contribution in [3.05, 3.63) is 81.0 Å². The summed E-state index contributed by atoms with van der Waals surface area (Å²) in [4.78, 5) is 16.1. The number of carbonyl (C=O) groups excluding carboxylic acids is 1. The number of halogens is 1. The minimum absolute atomic E-state index is 0.0543. The Labute approximate surface area is 179 Å². The predicted octanol–water partition coefficient (Wildman–Crippen LogP) is 4.66. The number of ether oxygens (including phenoxy) is 1. The Bertz CT molecular complexity index is 1110. The Hall–Kier alpha value is -2.35. The Kier molecular flexibility index (Phi) is 6.62. The van der Waals surface area contributed by atoms with Gasteiger partial charge in [-0.2, -0.15) is 0 Å². The van der Waals surface area contributed by atoms with Gasteiger partial charge in [0.05, 0.1) is 35.7 Å². The molecular formula is C21H20ClNO4S2. The number of thiophene rings is 1. The molecule has 0 aliphatic rings. The van der Waals surface area contributed by atoms with E-state index in [9.17, 15) is 13.2 Å². The van der Waals surface area contributed by atoms with Gasteiger partial charge in [-0.1, -0.05) is 35.9 Å². The van der Waals surface area contributed by atoms with E-state index >= 15 is 0 Å². The Morgan fingerprint density at radius 3 is 2.52 bits per heavy atom. The first-order valence-electron chi connectivity index (χ1n) is 8.72. The van der Waals surface area contributed by atoms with Gasteiger partial charge in [0.1, 0.15) is 5.75 Å². The van der Waals surface area contributed by atoms with Crippen LogP contribution in [-0.2, 0) is 22.9 Å². The molecule has 0 radical (unpaired) electrons. The van der Waals surface area contributed by atoms with Crippen molar-refractivity contribution in [1.29, 1.82) is 0 Å². The zero-order valence-corrected chi connectivity index (χ0v) is 18.4. The number of rotatable bonds is 7. The van der Waals surface area contributed by atoms with Crippen LogP contribution in [0.2, 0.25) is 5.02 Å². The third-order valence-corrected chi connectivity index (χ3v) is 6.67. The molecule has 0 atom stereocenters. The van der Waals surface area contributed by atoms with Gasteiger partial charge in [0.25, 0.3) is 5.91 Å². The maximum atomic E-state index is 13.4. The third-order valence-electron chi connectivity index (χ3n) is 4.36. The van der Waals surface area contributed by atoms with Crippen LogP contribution in [-0.4, -0.2) is 32.6 Å². The lowest BCUT2D eigenvalue weighted by atomic mass is 10.1. The predicted molar refractivity (Wildman–Crippen MR) is 115 cm³/mol. The molecule has 8 heteroatoms. The molecule has 2 aromatic carbocycles. The molecule has 1 amide bonds. The van der Waals surface area contributed by atoms with E-state index in [4.69, 9.17) is 16.3 Å². The summed E-state index contributed by atoms with van der Waals surface area (Å²) in [5, 5.41) is 2.15. The van der Waals surface area contributed by atoms with Gasteiger partial charge in [0.2, 0.25) is 0 Å². The first-order chi connectivity index (χ1) is 13.8. The van der Waals surface area contributed by atoms with Gasteiger partial charge in [-0.25, -0.2) is 8.42 Å². The summed E-state index contributed by atoms with van der Waals surface area (Å²) < 4.78 is 29.3. The van der Waals surface area contributed by atoms with E-state index in [1.54, 1.807) is 23.3 Å². The molecule has 1 aromatic heterocycles. The average molecular weight is 450 g/mol. The lowest BCUT2D eigenvalue weighted by Gasteiger charge is -2.24. The van der Waals surface area contributed by atoms with Crippen LogP contribution in [0, 0.1) is 0 Å². The van der Waals surface area contributed by atoms with Crippen molar-refractivity contribution in [2.24, 2.45) is 0 Å². The summed E-state index contributed by atoms with van der Waals surface area (Å²) in [6, 6.07) is 15.5. The molecule has 0 unspecified atom stereocenters. The smallest absolute Gasteiger partial charge is 0.256 e. The van der Waals surface area contributed by atoms with E-state index in [1.165, 1.54) is 18.2 Å². The molecule has 0 aliphatic heterocycles. The molecule has 0 bridgehead atoms. The number of hydrogen-bond acceptors (Lipinski definition) is 5. The summed E-state index contributed by atoms with van der Waals surface area (Å²) in [6.45, 7) is 0.661. The molecule has 152 valence electrons. The van der Waals surface area contributed by atoms with Gasteiger partial charge < -0.3 is 9.64 Å². The summed E-state index contributed by atoms with van der Waals surface area (Å²) in [6.07, 6.45) is 1.10. The van der Waals surface area contributed by atoms with Crippen LogP contribution in [0.1, 0.15) is 20.8 Å². The van der Waals surface area contributed by atoms with Crippen LogP contribution >= 0.6 is 22.9 Å². The van der Waals surface area contributed by atoms with Crippen molar-refractivity contribution >= 4 is 38.7 Å². The molecule has 0 saturated heterocycles. The minimum atomic E-state index is -3.47. The molecule has 29 heavy (non-hydrogen) atoms. The molecule has 0 fully saturated rings. The molecule has 0 saturated carbocycles. The number of nitrogens with zero attached hydrogens (tertiary/aromatic N) is 1. The molecule has 3 rings (SSSR count). The van der Waals surface area contributed by atoms with Gasteiger partial charge in [0, 0.05) is 16.7 Å². The number of methoxy groups -OCH3 is 1. The van der Waals surface area contributed by atoms with E-state index in [2.05, 4.69) is 0 Å². The molecular weight excluding hydrogens is 430 g/mol. The largest absolute Gasteiger partial charge is 0.496 e. The number of sulfone groups is 1. The molecule has 3 aromatic rings. The second-order valence-corrected chi connectivity index (χ2v) is 9.92. The maximum absolute atomic E-state index is 13.4. The normalized spacial score (nSPS) is 11.3. The van der Waals surface area contributed by atoms with Gasteiger partial charge in [-0.15, -0.1) is 11.3 Å². The van der Waals surface area contributed by atoms with Crippen molar-refractivity contribution in [3.63, 3.8) is 0 Å². The lowest BCUT2D eigenvalue weighted by Crippen LogP contribution is -2.30. The maximum Gasteiger partial charge on any atom is 0.256 e. The third kappa shape index (κ3) is 5.18. The van der Waals surface area contributed by atoms with Crippen molar-refractivity contribution in [3.8, 4) is 5.75 Å². The quantitative estimate of drug-likeness (QED) is 0.526. The summed E-state index contributed by atoms with van der Waals surface area (Å²) >= 11 is 7.81. The number of hydrogen-bond donors (Lipinski definition) is 0. The van der Waals surface area contributed by atoms with Crippen LogP contribution in [0.5, 0.6) is 5.75 Å². The standard InChI is InChI=1S/C21H20ClNO4S2/c1-27-20-8-4-3-6-15(20)13-23(14-16-7-5-11-28-16)21(24)18-12-17(29(2,25)26)9-10-19(18)22/h3-12H,13-14H2,1-2H3. The Balaban J connectivity index is 2.01. The summed E-state index contributed by atoms with van der Waals surface area (Å²) in [5.74, 6) is 0.326. The Morgan fingerprint density at radius 1 is 1.10 bits per heavy atom. The fourth-order valence-electron chi connectivity index (χ4n) is 2.90. The van der Waals surface area contributed by atoms with E-state index in [-0.39, 0.29) is 21.4 Å².